The van der Waals surface area contributed by atoms with Gasteiger partial charge in [-0.3, -0.25) is 0 Å². The summed E-state index contributed by atoms with van der Waals surface area (Å²) in [6.07, 6.45) is 5.97. The van der Waals surface area contributed by atoms with E-state index >= 15 is 0 Å². The van der Waals surface area contributed by atoms with E-state index in [1.54, 1.807) is 0 Å². The second-order valence-electron chi connectivity index (χ2n) is 5.09. The summed E-state index contributed by atoms with van der Waals surface area (Å²) in [5.74, 6) is 0. The first-order chi connectivity index (χ1) is 7.16. The van der Waals surface area contributed by atoms with Gasteiger partial charge in [-0.1, -0.05) is 38.1 Å². The van der Waals surface area contributed by atoms with Crippen molar-refractivity contribution in [3.8, 4) is 0 Å². The predicted octanol–water partition coefficient (Wildman–Crippen LogP) is 4.19. The summed E-state index contributed by atoms with van der Waals surface area (Å²) in [6, 6.07) is 10.4. The fraction of sp³-hybridized carbons (Fsp3) is 0.429. The van der Waals surface area contributed by atoms with Gasteiger partial charge in [-0.25, -0.2) is 0 Å². The van der Waals surface area contributed by atoms with E-state index < -0.39 is 0 Å². The predicted molar refractivity (Wildman–Crippen MR) is 65.8 cm³/mol. The number of rotatable bonds is 2. The molecule has 1 aromatic carbocycles. The molecule has 0 radical (unpaired) electrons. The number of para-hydroxylation sites is 1. The van der Waals surface area contributed by atoms with Gasteiger partial charge in [0.2, 0.25) is 0 Å². The summed E-state index contributed by atoms with van der Waals surface area (Å²) in [5, 5.41) is 3.48. The first-order valence-corrected chi connectivity index (χ1v) is 5.67. The molecule has 0 atom stereocenters. The van der Waals surface area contributed by atoms with Crippen molar-refractivity contribution >= 4 is 5.69 Å². The van der Waals surface area contributed by atoms with Gasteiger partial charge in [-0.05, 0) is 36.8 Å². The molecule has 0 aromatic heterocycles. The van der Waals surface area contributed by atoms with Crippen LogP contribution in [0.1, 0.15) is 33.1 Å². The Morgan fingerprint density at radius 1 is 1.13 bits per heavy atom. The SMILES string of the molecule is CC1(C)CC=C(Nc2ccccc2)CC1. The Bertz CT molecular complexity index is 349. The van der Waals surface area contributed by atoms with E-state index in [1.807, 2.05) is 6.07 Å². The van der Waals surface area contributed by atoms with E-state index in [-0.39, 0.29) is 0 Å². The van der Waals surface area contributed by atoms with Gasteiger partial charge in [0.15, 0.2) is 0 Å². The zero-order valence-electron chi connectivity index (χ0n) is 9.59. The fourth-order valence-corrected chi connectivity index (χ4v) is 1.90. The highest BCUT2D eigenvalue weighted by molar-refractivity contribution is 5.48. The number of anilines is 1. The molecule has 0 heterocycles. The van der Waals surface area contributed by atoms with Crippen LogP contribution >= 0.6 is 0 Å². The third kappa shape index (κ3) is 2.85. The molecular weight excluding hydrogens is 182 g/mol. The molecule has 2 rings (SSSR count). The summed E-state index contributed by atoms with van der Waals surface area (Å²) >= 11 is 0. The standard InChI is InChI=1S/C14H19N/c1-14(2)10-8-13(9-11-14)15-12-6-4-3-5-7-12/h3-8,15H,9-11H2,1-2H3. The number of nitrogens with one attached hydrogen (secondary N) is 1. The average Bonchev–Trinajstić information content (AvgIpc) is 2.23. The second-order valence-corrected chi connectivity index (χ2v) is 5.09. The van der Waals surface area contributed by atoms with Crippen LogP contribution < -0.4 is 5.32 Å². The van der Waals surface area contributed by atoms with Gasteiger partial charge >= 0.3 is 0 Å². The second kappa shape index (κ2) is 4.09. The van der Waals surface area contributed by atoms with E-state index in [9.17, 15) is 0 Å². The highest BCUT2D eigenvalue weighted by atomic mass is 14.9. The smallest absolute Gasteiger partial charge is 0.0381 e. The van der Waals surface area contributed by atoms with Crippen LogP contribution in [0.2, 0.25) is 0 Å². The molecule has 1 aliphatic carbocycles. The van der Waals surface area contributed by atoms with Crippen LogP contribution in [-0.4, -0.2) is 0 Å². The van der Waals surface area contributed by atoms with Gasteiger partial charge in [0.1, 0.15) is 0 Å². The Morgan fingerprint density at radius 2 is 1.87 bits per heavy atom. The summed E-state index contributed by atoms with van der Waals surface area (Å²) in [7, 11) is 0. The van der Waals surface area contributed by atoms with E-state index in [0.29, 0.717) is 5.41 Å². The molecule has 15 heavy (non-hydrogen) atoms. The maximum Gasteiger partial charge on any atom is 0.0381 e. The molecule has 0 amide bonds. The molecule has 1 aromatic rings. The molecule has 1 nitrogen and oxygen atoms in total. The highest BCUT2D eigenvalue weighted by Gasteiger charge is 2.21. The molecule has 1 N–H and O–H groups in total. The molecule has 0 saturated carbocycles. The Balaban J connectivity index is 2.00. The molecule has 80 valence electrons. The minimum Gasteiger partial charge on any atom is -0.359 e. The van der Waals surface area contributed by atoms with Gasteiger partial charge in [-0.15, -0.1) is 0 Å². The lowest BCUT2D eigenvalue weighted by Crippen LogP contribution is -2.17. The van der Waals surface area contributed by atoms with Crippen LogP contribution in [0.25, 0.3) is 0 Å². The van der Waals surface area contributed by atoms with Gasteiger partial charge in [0.25, 0.3) is 0 Å². The van der Waals surface area contributed by atoms with Crippen LogP contribution in [0, 0.1) is 5.41 Å². The summed E-state index contributed by atoms with van der Waals surface area (Å²) in [4.78, 5) is 0. The number of hydrogen-bond donors (Lipinski definition) is 1. The van der Waals surface area contributed by atoms with Crippen molar-refractivity contribution in [2.45, 2.75) is 33.1 Å². The van der Waals surface area contributed by atoms with Crippen molar-refractivity contribution in [1.29, 1.82) is 0 Å². The quantitative estimate of drug-likeness (QED) is 0.756. The zero-order chi connectivity index (χ0) is 10.7. The Kier molecular flexibility index (Phi) is 2.81. The monoisotopic (exact) mass is 201 g/mol. The Morgan fingerprint density at radius 3 is 2.47 bits per heavy atom. The first kappa shape index (κ1) is 10.3. The van der Waals surface area contributed by atoms with Crippen molar-refractivity contribution in [1.82, 2.24) is 0 Å². The topological polar surface area (TPSA) is 12.0 Å². The van der Waals surface area contributed by atoms with E-state index in [1.165, 1.54) is 30.6 Å². The van der Waals surface area contributed by atoms with Crippen LogP contribution in [-0.2, 0) is 0 Å². The van der Waals surface area contributed by atoms with Gasteiger partial charge in [0, 0.05) is 11.4 Å². The zero-order valence-corrected chi connectivity index (χ0v) is 9.59. The largest absolute Gasteiger partial charge is 0.359 e. The molecule has 0 fully saturated rings. The van der Waals surface area contributed by atoms with Crippen LogP contribution in [0.4, 0.5) is 5.69 Å². The lowest BCUT2D eigenvalue weighted by atomic mass is 9.80. The van der Waals surface area contributed by atoms with Crippen LogP contribution in [0.3, 0.4) is 0 Å². The summed E-state index contributed by atoms with van der Waals surface area (Å²) in [6.45, 7) is 4.67. The Hall–Kier alpha value is -1.24. The van der Waals surface area contributed by atoms with Crippen molar-refractivity contribution < 1.29 is 0 Å². The number of hydrogen-bond acceptors (Lipinski definition) is 1. The van der Waals surface area contributed by atoms with Crippen molar-refractivity contribution in [3.63, 3.8) is 0 Å². The van der Waals surface area contributed by atoms with Gasteiger partial charge in [-0.2, -0.15) is 0 Å². The molecular formula is C14H19N. The lowest BCUT2D eigenvalue weighted by molar-refractivity contribution is 0.325. The third-order valence-corrected chi connectivity index (χ3v) is 3.05. The van der Waals surface area contributed by atoms with Crippen molar-refractivity contribution in [2.24, 2.45) is 5.41 Å². The average molecular weight is 201 g/mol. The van der Waals surface area contributed by atoms with Gasteiger partial charge < -0.3 is 5.32 Å². The van der Waals surface area contributed by atoms with Crippen molar-refractivity contribution in [3.05, 3.63) is 42.1 Å². The molecule has 0 unspecified atom stereocenters. The lowest BCUT2D eigenvalue weighted by Gasteiger charge is -2.29. The van der Waals surface area contributed by atoms with Crippen LogP contribution in [0.15, 0.2) is 42.1 Å². The number of allylic oxidation sites excluding steroid dienone is 2. The molecule has 0 bridgehead atoms. The fourth-order valence-electron chi connectivity index (χ4n) is 1.90. The van der Waals surface area contributed by atoms with Gasteiger partial charge in [0.05, 0.1) is 0 Å². The van der Waals surface area contributed by atoms with E-state index in [2.05, 4.69) is 49.5 Å². The maximum atomic E-state index is 3.48. The molecule has 0 aliphatic heterocycles. The number of benzene rings is 1. The minimum atomic E-state index is 0.488. The molecule has 0 saturated heterocycles. The Labute approximate surface area is 92.2 Å². The highest BCUT2D eigenvalue weighted by Crippen LogP contribution is 2.34. The first-order valence-electron chi connectivity index (χ1n) is 5.67. The summed E-state index contributed by atoms with van der Waals surface area (Å²) < 4.78 is 0. The summed E-state index contributed by atoms with van der Waals surface area (Å²) in [5.41, 5.74) is 3.06. The maximum absolute atomic E-state index is 3.48. The van der Waals surface area contributed by atoms with Crippen molar-refractivity contribution in [2.75, 3.05) is 5.32 Å². The van der Waals surface area contributed by atoms with E-state index in [0.717, 1.165) is 0 Å². The third-order valence-electron chi connectivity index (χ3n) is 3.05. The normalized spacial score (nSPS) is 19.5. The van der Waals surface area contributed by atoms with Crippen LogP contribution in [0.5, 0.6) is 0 Å². The van der Waals surface area contributed by atoms with E-state index in [4.69, 9.17) is 0 Å². The minimum absolute atomic E-state index is 0.488. The molecule has 0 spiro atoms. The molecule has 1 aliphatic rings. The molecule has 1 heteroatoms.